The smallest absolute Gasteiger partial charge is 0.152 e. The van der Waals surface area contributed by atoms with Crippen LogP contribution in [-0.4, -0.2) is 18.4 Å². The highest BCUT2D eigenvalue weighted by Crippen LogP contribution is 2.39. The normalized spacial score (nSPS) is 20.5. The van der Waals surface area contributed by atoms with Crippen molar-refractivity contribution >= 4 is 12.0 Å². The first-order valence-electron chi connectivity index (χ1n) is 6.72. The summed E-state index contributed by atoms with van der Waals surface area (Å²) in [5, 5.41) is 0. The van der Waals surface area contributed by atoms with Crippen LogP contribution in [0.1, 0.15) is 48.9 Å². The largest absolute Gasteiger partial charge is 0.365 e. The molecule has 1 aromatic carbocycles. The standard InChI is InChI=1S/C15H19NO/c17-11-12-5-1-4-8-15(12)16(14-9-10-14)13-6-2-3-7-13/h1,4-5,8,11,13-14H,2-3,6-7,9-10H2. The lowest BCUT2D eigenvalue weighted by molar-refractivity contribution is 0.112. The van der Waals surface area contributed by atoms with Gasteiger partial charge in [0.25, 0.3) is 0 Å². The minimum Gasteiger partial charge on any atom is -0.365 e. The molecule has 2 heteroatoms. The van der Waals surface area contributed by atoms with Gasteiger partial charge in [0, 0.05) is 23.3 Å². The highest BCUT2D eigenvalue weighted by atomic mass is 16.1. The third-order valence-electron chi connectivity index (χ3n) is 4.00. The number of carbonyl (C=O) groups excluding carboxylic acids is 1. The van der Waals surface area contributed by atoms with E-state index in [1.165, 1.54) is 38.5 Å². The van der Waals surface area contributed by atoms with Gasteiger partial charge < -0.3 is 4.90 Å². The van der Waals surface area contributed by atoms with Gasteiger partial charge in [-0.05, 0) is 37.8 Å². The zero-order valence-electron chi connectivity index (χ0n) is 10.1. The number of aldehydes is 1. The number of anilines is 1. The van der Waals surface area contributed by atoms with E-state index in [1.54, 1.807) is 0 Å². The van der Waals surface area contributed by atoms with Crippen molar-refractivity contribution in [2.45, 2.75) is 50.6 Å². The number of nitrogens with zero attached hydrogens (tertiary/aromatic N) is 1. The molecule has 0 heterocycles. The quantitative estimate of drug-likeness (QED) is 0.737. The van der Waals surface area contributed by atoms with Crippen LogP contribution in [0.3, 0.4) is 0 Å². The summed E-state index contributed by atoms with van der Waals surface area (Å²) in [4.78, 5) is 13.7. The van der Waals surface area contributed by atoms with Gasteiger partial charge in [-0.2, -0.15) is 0 Å². The third kappa shape index (κ3) is 2.08. The second-order valence-corrected chi connectivity index (χ2v) is 5.25. The lowest BCUT2D eigenvalue weighted by Gasteiger charge is -2.32. The molecule has 0 spiro atoms. The molecule has 0 radical (unpaired) electrons. The van der Waals surface area contributed by atoms with E-state index in [-0.39, 0.29) is 0 Å². The van der Waals surface area contributed by atoms with Crippen LogP contribution in [0.2, 0.25) is 0 Å². The summed E-state index contributed by atoms with van der Waals surface area (Å²) in [7, 11) is 0. The monoisotopic (exact) mass is 229 g/mol. The minimum atomic E-state index is 0.670. The van der Waals surface area contributed by atoms with E-state index in [9.17, 15) is 4.79 Å². The number of carbonyl (C=O) groups is 1. The van der Waals surface area contributed by atoms with Crippen molar-refractivity contribution in [1.82, 2.24) is 0 Å². The molecule has 0 bridgehead atoms. The molecule has 0 atom stereocenters. The van der Waals surface area contributed by atoms with Gasteiger partial charge in [-0.1, -0.05) is 25.0 Å². The van der Waals surface area contributed by atoms with Gasteiger partial charge in [0.05, 0.1) is 0 Å². The molecule has 2 aliphatic rings. The van der Waals surface area contributed by atoms with Gasteiger partial charge in [0.2, 0.25) is 0 Å². The Balaban J connectivity index is 1.94. The van der Waals surface area contributed by atoms with Gasteiger partial charge in [0.1, 0.15) is 0 Å². The third-order valence-corrected chi connectivity index (χ3v) is 4.00. The van der Waals surface area contributed by atoms with Crippen LogP contribution < -0.4 is 4.90 Å². The van der Waals surface area contributed by atoms with Crippen molar-refractivity contribution in [1.29, 1.82) is 0 Å². The van der Waals surface area contributed by atoms with E-state index < -0.39 is 0 Å². The van der Waals surface area contributed by atoms with Crippen LogP contribution in [0.4, 0.5) is 5.69 Å². The molecule has 2 saturated carbocycles. The van der Waals surface area contributed by atoms with Crippen LogP contribution in [0.5, 0.6) is 0 Å². The molecule has 1 aromatic rings. The Hall–Kier alpha value is -1.31. The summed E-state index contributed by atoms with van der Waals surface area (Å²) in [6.07, 6.45) is 8.87. The zero-order chi connectivity index (χ0) is 11.7. The summed E-state index contributed by atoms with van der Waals surface area (Å²) in [5.41, 5.74) is 2.02. The van der Waals surface area contributed by atoms with E-state index in [1.807, 2.05) is 18.2 Å². The number of rotatable bonds is 4. The molecule has 0 aliphatic heterocycles. The summed E-state index contributed by atoms with van der Waals surface area (Å²) in [5.74, 6) is 0. The van der Waals surface area contributed by atoms with Crippen LogP contribution in [0.25, 0.3) is 0 Å². The molecule has 3 rings (SSSR count). The Bertz CT molecular complexity index is 405. The van der Waals surface area contributed by atoms with Gasteiger partial charge in [0.15, 0.2) is 6.29 Å². The van der Waals surface area contributed by atoms with Crippen molar-refractivity contribution in [2.24, 2.45) is 0 Å². The topological polar surface area (TPSA) is 20.3 Å². The van der Waals surface area contributed by atoms with Crippen molar-refractivity contribution < 1.29 is 4.79 Å². The Kier molecular flexibility index (Phi) is 2.87. The molecule has 2 fully saturated rings. The van der Waals surface area contributed by atoms with E-state index in [4.69, 9.17) is 0 Å². The van der Waals surface area contributed by atoms with Gasteiger partial charge in [-0.15, -0.1) is 0 Å². The zero-order valence-corrected chi connectivity index (χ0v) is 10.1. The van der Waals surface area contributed by atoms with E-state index >= 15 is 0 Å². The van der Waals surface area contributed by atoms with Gasteiger partial charge >= 0.3 is 0 Å². The first-order chi connectivity index (χ1) is 8.40. The fourth-order valence-electron chi connectivity index (χ4n) is 3.05. The first-order valence-corrected chi connectivity index (χ1v) is 6.72. The van der Waals surface area contributed by atoms with Crippen molar-refractivity contribution in [2.75, 3.05) is 4.90 Å². The van der Waals surface area contributed by atoms with Crippen LogP contribution in [-0.2, 0) is 0 Å². The summed E-state index contributed by atoms with van der Waals surface area (Å²) in [6.45, 7) is 0. The Morgan fingerprint density at radius 2 is 1.65 bits per heavy atom. The number of para-hydroxylation sites is 1. The molecule has 0 N–H and O–H groups in total. The Morgan fingerprint density at radius 1 is 1.00 bits per heavy atom. The maximum absolute atomic E-state index is 11.2. The number of hydrogen-bond donors (Lipinski definition) is 0. The Labute approximate surface area is 103 Å². The maximum atomic E-state index is 11.2. The van der Waals surface area contributed by atoms with Crippen LogP contribution in [0, 0.1) is 0 Å². The highest BCUT2D eigenvalue weighted by molar-refractivity contribution is 5.85. The summed E-state index contributed by atoms with van der Waals surface area (Å²) in [6, 6.07) is 9.41. The second-order valence-electron chi connectivity index (χ2n) is 5.25. The molecule has 0 unspecified atom stereocenters. The minimum absolute atomic E-state index is 0.670. The van der Waals surface area contributed by atoms with E-state index in [0.717, 1.165) is 17.5 Å². The predicted octanol–water partition coefficient (Wildman–Crippen LogP) is 3.41. The average Bonchev–Trinajstić information content (AvgIpc) is 3.05. The molecule has 0 aromatic heterocycles. The Morgan fingerprint density at radius 3 is 2.29 bits per heavy atom. The molecule has 0 amide bonds. The van der Waals surface area contributed by atoms with E-state index in [0.29, 0.717) is 12.1 Å². The molecule has 90 valence electrons. The molecule has 2 nitrogen and oxygen atoms in total. The highest BCUT2D eigenvalue weighted by Gasteiger charge is 2.36. The number of benzene rings is 1. The first kappa shape index (κ1) is 10.8. The number of hydrogen-bond acceptors (Lipinski definition) is 2. The predicted molar refractivity (Wildman–Crippen MR) is 69.6 cm³/mol. The van der Waals surface area contributed by atoms with Crippen LogP contribution >= 0.6 is 0 Å². The SMILES string of the molecule is O=Cc1ccccc1N(C1CCCC1)C1CC1. The molecule has 2 aliphatic carbocycles. The molecule has 17 heavy (non-hydrogen) atoms. The lowest BCUT2D eigenvalue weighted by Crippen LogP contribution is -2.35. The van der Waals surface area contributed by atoms with Crippen molar-refractivity contribution in [3.8, 4) is 0 Å². The lowest BCUT2D eigenvalue weighted by atomic mass is 10.1. The molecule has 0 saturated heterocycles. The fraction of sp³-hybridized carbons (Fsp3) is 0.533. The molecular formula is C15H19NO. The summed E-state index contributed by atoms with van der Waals surface area (Å²) < 4.78 is 0. The second kappa shape index (κ2) is 4.52. The van der Waals surface area contributed by atoms with Crippen molar-refractivity contribution in [3.05, 3.63) is 29.8 Å². The fourth-order valence-corrected chi connectivity index (χ4v) is 3.05. The van der Waals surface area contributed by atoms with Crippen molar-refractivity contribution in [3.63, 3.8) is 0 Å². The molecular weight excluding hydrogens is 210 g/mol. The van der Waals surface area contributed by atoms with E-state index in [2.05, 4.69) is 11.0 Å². The summed E-state index contributed by atoms with van der Waals surface area (Å²) >= 11 is 0. The van der Waals surface area contributed by atoms with Crippen LogP contribution in [0.15, 0.2) is 24.3 Å². The average molecular weight is 229 g/mol. The van der Waals surface area contributed by atoms with Gasteiger partial charge in [-0.3, -0.25) is 4.79 Å². The van der Waals surface area contributed by atoms with Gasteiger partial charge in [-0.25, -0.2) is 0 Å². The maximum Gasteiger partial charge on any atom is 0.152 e.